The Bertz CT molecular complexity index is 271. The molecule has 0 unspecified atom stereocenters. The lowest BCUT2D eigenvalue weighted by Crippen LogP contribution is -1.99. The molecule has 3 nitrogen and oxygen atoms in total. The van der Waals surface area contributed by atoms with Crippen LogP contribution in [-0.4, -0.2) is 14.8 Å². The molecule has 0 atom stereocenters. The van der Waals surface area contributed by atoms with E-state index in [9.17, 15) is 0 Å². The van der Waals surface area contributed by atoms with Crippen LogP contribution in [0.1, 0.15) is 25.6 Å². The summed E-state index contributed by atoms with van der Waals surface area (Å²) in [5.74, 6) is 1.43. The third kappa shape index (κ3) is 1.11. The minimum absolute atomic E-state index is 0.429. The van der Waals surface area contributed by atoms with Gasteiger partial charge in [0.25, 0.3) is 0 Å². The molecule has 1 rings (SSSR count). The molecule has 0 radical (unpaired) electrons. The van der Waals surface area contributed by atoms with Crippen molar-refractivity contribution in [3.8, 4) is 0 Å². The Balaban J connectivity index is 3.18. The van der Waals surface area contributed by atoms with Gasteiger partial charge in [0.15, 0.2) is 4.77 Å². The molecule has 56 valence electrons. The Hall–Kier alpha value is -0.640. The number of nitrogens with one attached hydrogen (secondary N) is 1. The van der Waals surface area contributed by atoms with Gasteiger partial charge in [-0.2, -0.15) is 5.10 Å². The lowest BCUT2D eigenvalue weighted by atomic mass is 10.2. The first kappa shape index (κ1) is 7.47. The molecule has 0 aliphatic rings. The minimum atomic E-state index is 0.429. The third-order valence-electron chi connectivity index (χ3n) is 1.43. The highest BCUT2D eigenvalue weighted by molar-refractivity contribution is 7.71. The number of hydrogen-bond acceptors (Lipinski definition) is 2. The average molecular weight is 157 g/mol. The van der Waals surface area contributed by atoms with Crippen LogP contribution < -0.4 is 0 Å². The number of aromatic nitrogens is 3. The number of H-pyrrole nitrogens is 1. The van der Waals surface area contributed by atoms with Crippen molar-refractivity contribution < 1.29 is 0 Å². The smallest absolute Gasteiger partial charge is 0.194 e. The van der Waals surface area contributed by atoms with Gasteiger partial charge in [0.1, 0.15) is 5.82 Å². The van der Waals surface area contributed by atoms with Gasteiger partial charge in [0.2, 0.25) is 0 Å². The lowest BCUT2D eigenvalue weighted by molar-refractivity contribution is 0.705. The summed E-state index contributed by atoms with van der Waals surface area (Å²) in [5.41, 5.74) is 0. The van der Waals surface area contributed by atoms with Gasteiger partial charge in [-0.1, -0.05) is 13.8 Å². The van der Waals surface area contributed by atoms with Crippen molar-refractivity contribution in [3.05, 3.63) is 10.6 Å². The first-order valence-corrected chi connectivity index (χ1v) is 3.65. The zero-order valence-corrected chi connectivity index (χ0v) is 7.20. The molecular weight excluding hydrogens is 146 g/mol. The van der Waals surface area contributed by atoms with Crippen LogP contribution in [0, 0.1) is 4.77 Å². The molecule has 1 aromatic heterocycles. The van der Waals surface area contributed by atoms with Gasteiger partial charge in [-0.05, 0) is 12.2 Å². The second kappa shape index (κ2) is 2.54. The maximum absolute atomic E-state index is 4.94. The first-order chi connectivity index (χ1) is 4.63. The molecule has 10 heavy (non-hydrogen) atoms. The Morgan fingerprint density at radius 1 is 1.60 bits per heavy atom. The highest BCUT2D eigenvalue weighted by atomic mass is 32.1. The summed E-state index contributed by atoms with van der Waals surface area (Å²) in [6.45, 7) is 4.18. The zero-order valence-electron chi connectivity index (χ0n) is 6.38. The van der Waals surface area contributed by atoms with E-state index in [1.807, 2.05) is 11.6 Å². The first-order valence-electron chi connectivity index (χ1n) is 3.24. The monoisotopic (exact) mass is 157 g/mol. The number of nitrogens with zero attached hydrogens (tertiary/aromatic N) is 2. The van der Waals surface area contributed by atoms with Gasteiger partial charge in [0.05, 0.1) is 0 Å². The van der Waals surface area contributed by atoms with Crippen molar-refractivity contribution in [2.75, 3.05) is 0 Å². The van der Waals surface area contributed by atoms with E-state index in [2.05, 4.69) is 24.0 Å². The Morgan fingerprint density at radius 2 is 2.20 bits per heavy atom. The molecule has 0 aromatic carbocycles. The molecule has 0 fully saturated rings. The van der Waals surface area contributed by atoms with Crippen LogP contribution in [0.15, 0.2) is 0 Å². The Morgan fingerprint density at radius 3 is 2.40 bits per heavy atom. The van der Waals surface area contributed by atoms with Crippen LogP contribution in [-0.2, 0) is 7.05 Å². The van der Waals surface area contributed by atoms with E-state index in [4.69, 9.17) is 12.2 Å². The van der Waals surface area contributed by atoms with Crippen molar-refractivity contribution in [2.45, 2.75) is 19.8 Å². The van der Waals surface area contributed by atoms with Gasteiger partial charge in [-0.3, -0.25) is 5.10 Å². The van der Waals surface area contributed by atoms with Crippen LogP contribution in [0.4, 0.5) is 0 Å². The number of rotatable bonds is 1. The maximum atomic E-state index is 4.94. The van der Waals surface area contributed by atoms with Crippen molar-refractivity contribution >= 4 is 12.2 Å². The molecule has 0 saturated heterocycles. The van der Waals surface area contributed by atoms with Gasteiger partial charge in [-0.25, -0.2) is 0 Å². The van der Waals surface area contributed by atoms with Crippen LogP contribution in [0.5, 0.6) is 0 Å². The summed E-state index contributed by atoms with van der Waals surface area (Å²) in [6, 6.07) is 0. The van der Waals surface area contributed by atoms with E-state index in [0.717, 1.165) is 5.82 Å². The summed E-state index contributed by atoms with van der Waals surface area (Å²) in [6.07, 6.45) is 0. The molecule has 1 aromatic rings. The van der Waals surface area contributed by atoms with Crippen LogP contribution in [0.3, 0.4) is 0 Å². The number of aromatic amines is 1. The largest absolute Gasteiger partial charge is 0.307 e. The second-order valence-electron chi connectivity index (χ2n) is 2.60. The quantitative estimate of drug-likeness (QED) is 0.628. The molecule has 0 saturated carbocycles. The van der Waals surface area contributed by atoms with Gasteiger partial charge in [-0.15, -0.1) is 0 Å². The molecule has 0 aliphatic heterocycles. The standard InChI is InChI=1S/C6H11N3S/c1-4(2)5-7-8-6(10)9(5)3/h4H,1-3H3,(H,8,10). The topological polar surface area (TPSA) is 33.6 Å². The zero-order chi connectivity index (χ0) is 7.72. The summed E-state index contributed by atoms with van der Waals surface area (Å²) < 4.78 is 2.57. The summed E-state index contributed by atoms with van der Waals surface area (Å²) in [7, 11) is 1.92. The van der Waals surface area contributed by atoms with E-state index in [-0.39, 0.29) is 0 Å². The van der Waals surface area contributed by atoms with E-state index in [1.165, 1.54) is 0 Å². The molecule has 0 aliphatic carbocycles. The fourth-order valence-electron chi connectivity index (χ4n) is 0.876. The third-order valence-corrected chi connectivity index (χ3v) is 1.80. The fraction of sp³-hybridized carbons (Fsp3) is 0.667. The molecule has 0 amide bonds. The molecule has 0 bridgehead atoms. The SMILES string of the molecule is CC(C)c1n[nH]c(=S)n1C. The highest BCUT2D eigenvalue weighted by Crippen LogP contribution is 2.08. The lowest BCUT2D eigenvalue weighted by Gasteiger charge is -2.01. The Kier molecular flexibility index (Phi) is 1.89. The van der Waals surface area contributed by atoms with E-state index in [0.29, 0.717) is 10.7 Å². The normalized spacial score (nSPS) is 10.8. The van der Waals surface area contributed by atoms with Gasteiger partial charge < -0.3 is 4.57 Å². The predicted molar refractivity (Wildman–Crippen MR) is 42.5 cm³/mol. The van der Waals surface area contributed by atoms with Crippen molar-refractivity contribution in [3.63, 3.8) is 0 Å². The molecule has 0 spiro atoms. The van der Waals surface area contributed by atoms with Gasteiger partial charge in [0, 0.05) is 13.0 Å². The van der Waals surface area contributed by atoms with Crippen molar-refractivity contribution in [1.29, 1.82) is 0 Å². The molecular formula is C6H11N3S. The van der Waals surface area contributed by atoms with Crippen LogP contribution in [0.25, 0.3) is 0 Å². The number of hydrogen-bond donors (Lipinski definition) is 1. The average Bonchev–Trinajstić information content (AvgIpc) is 2.14. The van der Waals surface area contributed by atoms with Crippen LogP contribution >= 0.6 is 12.2 Å². The maximum Gasteiger partial charge on any atom is 0.194 e. The summed E-state index contributed by atoms with van der Waals surface area (Å²) in [5, 5.41) is 6.79. The van der Waals surface area contributed by atoms with Crippen molar-refractivity contribution in [1.82, 2.24) is 14.8 Å². The molecule has 1 heterocycles. The Labute approximate surface area is 65.1 Å². The van der Waals surface area contributed by atoms with E-state index < -0.39 is 0 Å². The predicted octanol–water partition coefficient (Wildman–Crippen LogP) is 1.60. The molecule has 4 heteroatoms. The van der Waals surface area contributed by atoms with Crippen molar-refractivity contribution in [2.24, 2.45) is 7.05 Å². The highest BCUT2D eigenvalue weighted by Gasteiger charge is 2.04. The second-order valence-corrected chi connectivity index (χ2v) is 2.99. The minimum Gasteiger partial charge on any atom is -0.307 e. The summed E-state index contributed by atoms with van der Waals surface area (Å²) >= 11 is 4.94. The molecule has 1 N–H and O–H groups in total. The van der Waals surface area contributed by atoms with Crippen LogP contribution in [0.2, 0.25) is 0 Å². The fourth-order valence-corrected chi connectivity index (χ4v) is 1.01. The van der Waals surface area contributed by atoms with E-state index in [1.54, 1.807) is 0 Å². The van der Waals surface area contributed by atoms with Gasteiger partial charge >= 0.3 is 0 Å². The van der Waals surface area contributed by atoms with E-state index >= 15 is 0 Å². The summed E-state index contributed by atoms with van der Waals surface area (Å²) in [4.78, 5) is 0.